The van der Waals surface area contributed by atoms with Gasteiger partial charge in [0.15, 0.2) is 0 Å². The Hall–Kier alpha value is -2.54. The highest BCUT2D eigenvalue weighted by Gasteiger charge is 2.24. The summed E-state index contributed by atoms with van der Waals surface area (Å²) < 4.78 is 27.4. The van der Waals surface area contributed by atoms with Crippen molar-refractivity contribution in [1.29, 1.82) is 0 Å². The molecular weight excluding hydrogens is 364 g/mol. The number of hydrogen-bond acceptors (Lipinski definition) is 5. The van der Waals surface area contributed by atoms with E-state index in [0.717, 1.165) is 19.5 Å². The quantitative estimate of drug-likeness (QED) is 0.850. The second-order valence-electron chi connectivity index (χ2n) is 7.29. The molecule has 1 aliphatic heterocycles. The molecule has 7 heteroatoms. The monoisotopic (exact) mass is 387 g/mol. The summed E-state index contributed by atoms with van der Waals surface area (Å²) in [6, 6.07) is 12.5. The average molecular weight is 387 g/mol. The Bertz CT molecular complexity index is 918. The number of carboxylic acid groups (broad SMARTS) is 1. The lowest BCUT2D eigenvalue weighted by Gasteiger charge is -2.37. The van der Waals surface area contributed by atoms with Gasteiger partial charge >= 0.3 is 0 Å². The second-order valence-corrected chi connectivity index (χ2v) is 8.97. The molecule has 2 aromatic rings. The number of carbonyl (C=O) groups excluding carboxylic acids is 1. The molecule has 1 aliphatic rings. The number of anilines is 2. The fourth-order valence-electron chi connectivity index (χ4n) is 3.71. The smallest absolute Gasteiger partial charge is 0.261 e. The van der Waals surface area contributed by atoms with E-state index in [1.165, 1.54) is 18.2 Å². The van der Waals surface area contributed by atoms with Gasteiger partial charge in [0.05, 0.1) is 10.9 Å². The summed E-state index contributed by atoms with van der Waals surface area (Å²) >= 11 is 0. The van der Waals surface area contributed by atoms with Gasteiger partial charge in [-0.05, 0) is 48.6 Å². The molecule has 3 rings (SSSR count). The molecule has 0 aliphatic carbocycles. The van der Waals surface area contributed by atoms with E-state index in [1.54, 1.807) is 30.3 Å². The number of carboxylic acids is 1. The highest BCUT2D eigenvalue weighted by Crippen LogP contribution is 2.31. The fraction of sp³-hybridized carbons (Fsp3) is 0.350. The van der Waals surface area contributed by atoms with E-state index >= 15 is 0 Å². The Balaban J connectivity index is 1.91. The SMILES string of the molecule is C[C@@H]1C[C@H](C)CN(c2ccc(NS(=O)(=O)c3ccccc3)cc2C(=O)[O-])C1. The molecule has 0 aromatic heterocycles. The van der Waals surface area contributed by atoms with Crippen LogP contribution >= 0.6 is 0 Å². The predicted molar refractivity (Wildman–Crippen MR) is 103 cm³/mol. The molecular formula is C20H23N2O4S-. The Morgan fingerprint density at radius 3 is 2.30 bits per heavy atom. The Morgan fingerprint density at radius 1 is 1.07 bits per heavy atom. The maximum Gasteiger partial charge on any atom is 0.261 e. The van der Waals surface area contributed by atoms with Gasteiger partial charge in [0.2, 0.25) is 0 Å². The van der Waals surface area contributed by atoms with Gasteiger partial charge in [-0.1, -0.05) is 32.0 Å². The number of nitrogens with one attached hydrogen (secondary N) is 1. The molecule has 0 radical (unpaired) electrons. The van der Waals surface area contributed by atoms with Crippen LogP contribution in [0.25, 0.3) is 0 Å². The first-order valence-corrected chi connectivity index (χ1v) is 10.4. The largest absolute Gasteiger partial charge is 0.545 e. The van der Waals surface area contributed by atoms with E-state index in [4.69, 9.17) is 0 Å². The zero-order valence-corrected chi connectivity index (χ0v) is 16.2. The number of piperidine rings is 1. The second kappa shape index (κ2) is 7.60. The van der Waals surface area contributed by atoms with Crippen LogP contribution in [0.3, 0.4) is 0 Å². The van der Waals surface area contributed by atoms with E-state index < -0.39 is 16.0 Å². The Morgan fingerprint density at radius 2 is 1.70 bits per heavy atom. The average Bonchev–Trinajstić information content (AvgIpc) is 2.61. The van der Waals surface area contributed by atoms with Gasteiger partial charge in [0.1, 0.15) is 0 Å². The number of hydrogen-bond donors (Lipinski definition) is 1. The van der Waals surface area contributed by atoms with Crippen molar-refractivity contribution in [1.82, 2.24) is 0 Å². The minimum atomic E-state index is -3.79. The lowest BCUT2D eigenvalue weighted by Crippen LogP contribution is -2.40. The summed E-state index contributed by atoms with van der Waals surface area (Å²) in [5.74, 6) is -0.407. The van der Waals surface area contributed by atoms with Gasteiger partial charge in [-0.15, -0.1) is 0 Å². The maximum atomic E-state index is 12.5. The zero-order valence-electron chi connectivity index (χ0n) is 15.4. The number of rotatable bonds is 5. The summed E-state index contributed by atoms with van der Waals surface area (Å²) in [7, 11) is -3.79. The van der Waals surface area contributed by atoms with Crippen LogP contribution in [0.4, 0.5) is 11.4 Å². The number of aromatic carboxylic acids is 1. The van der Waals surface area contributed by atoms with Crippen molar-refractivity contribution in [2.45, 2.75) is 25.2 Å². The number of sulfonamides is 1. The third-order valence-corrected chi connectivity index (χ3v) is 6.13. The van der Waals surface area contributed by atoms with Crippen LogP contribution in [-0.2, 0) is 10.0 Å². The van der Waals surface area contributed by atoms with Crippen LogP contribution in [0.1, 0.15) is 30.6 Å². The van der Waals surface area contributed by atoms with Gasteiger partial charge in [-0.3, -0.25) is 4.72 Å². The van der Waals surface area contributed by atoms with Crippen LogP contribution < -0.4 is 14.7 Å². The Labute approximate surface area is 159 Å². The Kier molecular flexibility index (Phi) is 5.41. The molecule has 1 N–H and O–H groups in total. The van der Waals surface area contributed by atoms with Crippen molar-refractivity contribution in [3.05, 3.63) is 54.1 Å². The maximum absolute atomic E-state index is 12.5. The van der Waals surface area contributed by atoms with Crippen LogP contribution in [0.2, 0.25) is 0 Å². The molecule has 27 heavy (non-hydrogen) atoms. The van der Waals surface area contributed by atoms with E-state index in [0.29, 0.717) is 17.5 Å². The molecule has 144 valence electrons. The summed E-state index contributed by atoms with van der Waals surface area (Å²) in [6.07, 6.45) is 1.10. The van der Waals surface area contributed by atoms with Crippen LogP contribution in [0.15, 0.2) is 53.4 Å². The molecule has 1 saturated heterocycles. The van der Waals surface area contributed by atoms with E-state index in [-0.39, 0.29) is 16.1 Å². The topological polar surface area (TPSA) is 89.5 Å². The van der Waals surface area contributed by atoms with Crippen molar-refractivity contribution in [2.75, 3.05) is 22.7 Å². The molecule has 0 spiro atoms. The van der Waals surface area contributed by atoms with Crippen LogP contribution in [-0.4, -0.2) is 27.5 Å². The highest BCUT2D eigenvalue weighted by molar-refractivity contribution is 7.92. The zero-order chi connectivity index (χ0) is 19.6. The molecule has 1 fully saturated rings. The van der Waals surface area contributed by atoms with Crippen molar-refractivity contribution >= 4 is 27.4 Å². The first-order chi connectivity index (χ1) is 12.8. The molecule has 0 saturated carbocycles. The van der Waals surface area contributed by atoms with Crippen molar-refractivity contribution in [2.24, 2.45) is 11.8 Å². The van der Waals surface area contributed by atoms with Crippen molar-refractivity contribution < 1.29 is 18.3 Å². The molecule has 0 unspecified atom stereocenters. The molecule has 2 atom stereocenters. The fourth-order valence-corrected chi connectivity index (χ4v) is 4.78. The number of nitrogens with zero attached hydrogens (tertiary/aromatic N) is 1. The van der Waals surface area contributed by atoms with Gasteiger partial charge in [-0.25, -0.2) is 8.42 Å². The predicted octanol–water partition coefficient (Wildman–Crippen LogP) is 2.33. The van der Waals surface area contributed by atoms with Gasteiger partial charge < -0.3 is 14.8 Å². The van der Waals surface area contributed by atoms with Gasteiger partial charge in [-0.2, -0.15) is 0 Å². The lowest BCUT2D eigenvalue weighted by atomic mass is 9.91. The molecule has 0 bridgehead atoms. The molecule has 0 amide bonds. The van der Waals surface area contributed by atoms with Gasteiger partial charge in [0, 0.05) is 30.0 Å². The van der Waals surface area contributed by atoms with E-state index in [1.807, 2.05) is 4.90 Å². The normalized spacial score (nSPS) is 20.3. The first-order valence-electron chi connectivity index (χ1n) is 8.94. The van der Waals surface area contributed by atoms with Crippen LogP contribution in [0.5, 0.6) is 0 Å². The lowest BCUT2D eigenvalue weighted by molar-refractivity contribution is -0.254. The van der Waals surface area contributed by atoms with Crippen LogP contribution in [0, 0.1) is 11.8 Å². The summed E-state index contributed by atoms with van der Waals surface area (Å²) in [5.41, 5.74) is 0.750. The third kappa shape index (κ3) is 4.42. The van der Waals surface area contributed by atoms with Crippen molar-refractivity contribution in [3.8, 4) is 0 Å². The third-order valence-electron chi connectivity index (χ3n) is 4.73. The molecule has 6 nitrogen and oxygen atoms in total. The number of benzene rings is 2. The minimum absolute atomic E-state index is 0.00967. The number of carbonyl (C=O) groups is 1. The van der Waals surface area contributed by atoms with Crippen molar-refractivity contribution in [3.63, 3.8) is 0 Å². The standard InChI is InChI=1S/C20H24N2O4S/c1-14-10-15(2)13-22(12-14)19-9-8-16(11-18(19)20(23)24)21-27(25,26)17-6-4-3-5-7-17/h3-9,11,14-15,21H,10,12-13H2,1-2H3,(H,23,24)/p-1/t14-,15+. The molecule has 2 aromatic carbocycles. The first kappa shape index (κ1) is 19.2. The minimum Gasteiger partial charge on any atom is -0.545 e. The van der Waals surface area contributed by atoms with E-state index in [2.05, 4.69) is 18.6 Å². The van der Waals surface area contributed by atoms with Gasteiger partial charge in [0.25, 0.3) is 10.0 Å². The summed E-state index contributed by atoms with van der Waals surface area (Å²) in [6.45, 7) is 5.81. The van der Waals surface area contributed by atoms with E-state index in [9.17, 15) is 18.3 Å². The summed E-state index contributed by atoms with van der Waals surface area (Å²) in [5, 5.41) is 11.7. The highest BCUT2D eigenvalue weighted by atomic mass is 32.2. The summed E-state index contributed by atoms with van der Waals surface area (Å²) in [4.78, 5) is 13.9. The molecule has 1 heterocycles.